The van der Waals surface area contributed by atoms with Gasteiger partial charge in [-0.15, -0.1) is 0 Å². The minimum Gasteiger partial charge on any atom is -0.370 e. The van der Waals surface area contributed by atoms with E-state index in [1.807, 2.05) is 12.3 Å². The summed E-state index contributed by atoms with van der Waals surface area (Å²) in [5.74, 6) is 0. The first-order valence-electron chi connectivity index (χ1n) is 6.10. The number of aryl methyl sites for hydroxylation is 1. The molecule has 0 unspecified atom stereocenters. The van der Waals surface area contributed by atoms with E-state index in [-0.39, 0.29) is 0 Å². The number of hydrogen-bond donors (Lipinski definition) is 1. The van der Waals surface area contributed by atoms with Crippen LogP contribution < -0.4 is 10.6 Å². The van der Waals surface area contributed by atoms with Gasteiger partial charge >= 0.3 is 0 Å². The van der Waals surface area contributed by atoms with Gasteiger partial charge in [0.1, 0.15) is 0 Å². The van der Waals surface area contributed by atoms with Gasteiger partial charge in [0.25, 0.3) is 0 Å². The van der Waals surface area contributed by atoms with Gasteiger partial charge in [0.2, 0.25) is 0 Å². The Morgan fingerprint density at radius 2 is 2.11 bits per heavy atom. The van der Waals surface area contributed by atoms with Crippen molar-refractivity contribution in [3.05, 3.63) is 59.4 Å². The summed E-state index contributed by atoms with van der Waals surface area (Å²) in [7, 11) is 2.08. The van der Waals surface area contributed by atoms with E-state index in [1.54, 1.807) is 6.20 Å². The van der Waals surface area contributed by atoms with Gasteiger partial charge in [-0.25, -0.2) is 0 Å². The van der Waals surface area contributed by atoms with E-state index in [9.17, 15) is 0 Å². The predicted octanol–water partition coefficient (Wildman–Crippen LogP) is 2.49. The molecule has 0 aliphatic rings. The van der Waals surface area contributed by atoms with E-state index in [0.717, 1.165) is 6.54 Å². The molecular weight excluding hydrogens is 222 g/mol. The number of hydrogen-bond acceptors (Lipinski definition) is 3. The highest BCUT2D eigenvalue weighted by molar-refractivity contribution is 5.54. The predicted molar refractivity (Wildman–Crippen MR) is 75.4 cm³/mol. The number of pyridine rings is 1. The zero-order valence-electron chi connectivity index (χ0n) is 10.9. The summed E-state index contributed by atoms with van der Waals surface area (Å²) >= 11 is 0. The lowest BCUT2D eigenvalue weighted by molar-refractivity contribution is 0.897. The molecule has 0 saturated heterocycles. The molecule has 2 aromatic rings. The van der Waals surface area contributed by atoms with E-state index < -0.39 is 0 Å². The van der Waals surface area contributed by atoms with Gasteiger partial charge in [-0.3, -0.25) is 4.98 Å². The third kappa shape index (κ3) is 2.87. The number of nitrogens with zero attached hydrogens (tertiary/aromatic N) is 2. The van der Waals surface area contributed by atoms with Crippen LogP contribution in [0.2, 0.25) is 0 Å². The first kappa shape index (κ1) is 12.6. The molecule has 0 saturated carbocycles. The Morgan fingerprint density at radius 3 is 2.78 bits per heavy atom. The topological polar surface area (TPSA) is 42.2 Å². The molecule has 0 aliphatic heterocycles. The summed E-state index contributed by atoms with van der Waals surface area (Å²) in [4.78, 5) is 6.34. The van der Waals surface area contributed by atoms with Gasteiger partial charge in [0.15, 0.2) is 0 Å². The number of rotatable bonds is 4. The van der Waals surface area contributed by atoms with Crippen LogP contribution in [0.15, 0.2) is 42.7 Å². The lowest BCUT2D eigenvalue weighted by atomic mass is 10.1. The molecule has 2 N–H and O–H groups in total. The van der Waals surface area contributed by atoms with Crippen LogP contribution in [0.1, 0.15) is 16.7 Å². The maximum Gasteiger partial charge on any atom is 0.0441 e. The number of anilines is 1. The third-order valence-corrected chi connectivity index (χ3v) is 3.01. The second-order valence-corrected chi connectivity index (χ2v) is 4.55. The maximum absolute atomic E-state index is 5.81. The summed E-state index contributed by atoms with van der Waals surface area (Å²) in [5.41, 5.74) is 10.6. The highest BCUT2D eigenvalue weighted by Gasteiger charge is 2.07. The summed E-state index contributed by atoms with van der Waals surface area (Å²) in [5, 5.41) is 0. The van der Waals surface area contributed by atoms with Gasteiger partial charge in [-0.1, -0.05) is 23.8 Å². The third-order valence-electron chi connectivity index (χ3n) is 3.01. The summed E-state index contributed by atoms with van der Waals surface area (Å²) in [6.07, 6.45) is 3.69. The van der Waals surface area contributed by atoms with Crippen molar-refractivity contribution in [2.24, 2.45) is 5.73 Å². The monoisotopic (exact) mass is 241 g/mol. The zero-order valence-corrected chi connectivity index (χ0v) is 10.9. The van der Waals surface area contributed by atoms with Crippen LogP contribution in [0, 0.1) is 6.92 Å². The minimum absolute atomic E-state index is 0.564. The Balaban J connectivity index is 2.21. The van der Waals surface area contributed by atoms with Crippen LogP contribution in [-0.4, -0.2) is 12.0 Å². The van der Waals surface area contributed by atoms with E-state index in [2.05, 4.69) is 48.1 Å². The van der Waals surface area contributed by atoms with Crippen molar-refractivity contribution in [2.45, 2.75) is 20.0 Å². The van der Waals surface area contributed by atoms with Crippen LogP contribution in [-0.2, 0) is 13.1 Å². The number of aromatic nitrogens is 1. The molecule has 0 spiro atoms. The SMILES string of the molecule is Cc1ccc(N(C)Cc2cccnc2)c(CN)c1. The smallest absolute Gasteiger partial charge is 0.0441 e. The maximum atomic E-state index is 5.81. The van der Waals surface area contributed by atoms with Crippen LogP contribution in [0.5, 0.6) is 0 Å². The van der Waals surface area contributed by atoms with Gasteiger partial charge < -0.3 is 10.6 Å². The summed E-state index contributed by atoms with van der Waals surface area (Å²) in [6.45, 7) is 3.49. The highest BCUT2D eigenvalue weighted by Crippen LogP contribution is 2.22. The van der Waals surface area contributed by atoms with E-state index in [0.29, 0.717) is 6.54 Å². The van der Waals surface area contributed by atoms with Crippen molar-refractivity contribution in [3.8, 4) is 0 Å². The second kappa shape index (κ2) is 5.65. The average Bonchev–Trinajstić information content (AvgIpc) is 2.39. The van der Waals surface area contributed by atoms with Crippen LogP contribution >= 0.6 is 0 Å². The Morgan fingerprint density at radius 1 is 1.28 bits per heavy atom. The lowest BCUT2D eigenvalue weighted by Crippen LogP contribution is -2.19. The molecule has 94 valence electrons. The zero-order chi connectivity index (χ0) is 13.0. The lowest BCUT2D eigenvalue weighted by Gasteiger charge is -2.22. The summed E-state index contributed by atoms with van der Waals surface area (Å²) < 4.78 is 0. The Kier molecular flexibility index (Phi) is 3.95. The Hall–Kier alpha value is -1.87. The quantitative estimate of drug-likeness (QED) is 0.894. The molecule has 18 heavy (non-hydrogen) atoms. The minimum atomic E-state index is 0.564. The Labute approximate surface area is 108 Å². The number of benzene rings is 1. The largest absolute Gasteiger partial charge is 0.370 e. The van der Waals surface area contributed by atoms with E-state index in [1.165, 1.54) is 22.4 Å². The molecule has 2 rings (SSSR count). The van der Waals surface area contributed by atoms with Crippen molar-refractivity contribution in [3.63, 3.8) is 0 Å². The van der Waals surface area contributed by atoms with E-state index in [4.69, 9.17) is 5.73 Å². The fraction of sp³-hybridized carbons (Fsp3) is 0.267. The van der Waals surface area contributed by atoms with Crippen molar-refractivity contribution in [1.82, 2.24) is 4.98 Å². The summed E-state index contributed by atoms with van der Waals surface area (Å²) in [6, 6.07) is 10.4. The van der Waals surface area contributed by atoms with Crippen molar-refractivity contribution in [1.29, 1.82) is 0 Å². The van der Waals surface area contributed by atoms with Gasteiger partial charge in [0, 0.05) is 38.2 Å². The molecule has 0 amide bonds. The van der Waals surface area contributed by atoms with Crippen LogP contribution in [0.3, 0.4) is 0 Å². The van der Waals surface area contributed by atoms with E-state index >= 15 is 0 Å². The molecular formula is C15H19N3. The van der Waals surface area contributed by atoms with Crippen molar-refractivity contribution in [2.75, 3.05) is 11.9 Å². The van der Waals surface area contributed by atoms with Crippen molar-refractivity contribution >= 4 is 5.69 Å². The van der Waals surface area contributed by atoms with Crippen molar-refractivity contribution < 1.29 is 0 Å². The highest BCUT2D eigenvalue weighted by atomic mass is 15.1. The van der Waals surface area contributed by atoms with Gasteiger partial charge in [-0.2, -0.15) is 0 Å². The molecule has 3 nitrogen and oxygen atoms in total. The fourth-order valence-corrected chi connectivity index (χ4v) is 2.10. The standard InChI is InChI=1S/C15H19N3/c1-12-5-6-15(14(8-12)9-16)18(2)11-13-4-3-7-17-10-13/h3-8,10H,9,11,16H2,1-2H3. The molecule has 0 atom stereocenters. The van der Waals surface area contributed by atoms with Crippen LogP contribution in [0.25, 0.3) is 0 Å². The first-order chi connectivity index (χ1) is 8.70. The molecule has 0 bridgehead atoms. The molecule has 0 fully saturated rings. The molecule has 1 aromatic heterocycles. The molecule has 0 aliphatic carbocycles. The molecule has 1 heterocycles. The van der Waals surface area contributed by atoms with Gasteiger partial charge in [0.05, 0.1) is 0 Å². The average molecular weight is 241 g/mol. The molecule has 0 radical (unpaired) electrons. The molecule has 1 aromatic carbocycles. The fourth-order valence-electron chi connectivity index (χ4n) is 2.10. The normalized spacial score (nSPS) is 10.4. The van der Waals surface area contributed by atoms with Gasteiger partial charge in [-0.05, 0) is 30.2 Å². The van der Waals surface area contributed by atoms with Crippen LogP contribution in [0.4, 0.5) is 5.69 Å². The second-order valence-electron chi connectivity index (χ2n) is 4.55. The number of nitrogens with two attached hydrogens (primary N) is 1. The molecule has 3 heteroatoms. The Bertz CT molecular complexity index is 508. The first-order valence-corrected chi connectivity index (χ1v) is 6.10.